The van der Waals surface area contributed by atoms with Gasteiger partial charge in [0.05, 0.1) is 7.11 Å². The predicted octanol–water partition coefficient (Wildman–Crippen LogP) is 6.15. The van der Waals surface area contributed by atoms with Gasteiger partial charge in [-0.05, 0) is 49.9 Å². The van der Waals surface area contributed by atoms with Crippen molar-refractivity contribution in [3.8, 4) is 11.5 Å². The highest BCUT2D eigenvalue weighted by atomic mass is 79.9. The fourth-order valence-corrected chi connectivity index (χ4v) is 5.28. The van der Waals surface area contributed by atoms with Gasteiger partial charge >= 0.3 is 5.97 Å². The Morgan fingerprint density at radius 3 is 2.00 bits per heavy atom. The molecule has 0 bridgehead atoms. The summed E-state index contributed by atoms with van der Waals surface area (Å²) in [4.78, 5) is 15.3. The van der Waals surface area contributed by atoms with E-state index in [0.29, 0.717) is 6.42 Å². The second-order valence-corrected chi connectivity index (χ2v) is 10.6. The van der Waals surface area contributed by atoms with Crippen LogP contribution in [0.5, 0.6) is 11.5 Å². The molecule has 0 aromatic heterocycles. The smallest absolute Gasteiger partial charge is 0.318 e. The number of benzene rings is 3. The van der Waals surface area contributed by atoms with E-state index in [4.69, 9.17) is 9.47 Å². The minimum absolute atomic E-state index is 0.0840. The lowest BCUT2D eigenvalue weighted by atomic mass is 9.69. The lowest BCUT2D eigenvalue weighted by molar-refractivity contribution is -0.143. The van der Waals surface area contributed by atoms with Gasteiger partial charge in [-0.2, -0.15) is 0 Å². The van der Waals surface area contributed by atoms with Gasteiger partial charge in [0.2, 0.25) is 0 Å². The summed E-state index contributed by atoms with van der Waals surface area (Å²) in [5.41, 5.74) is 0.331. The number of methoxy groups -OCH3 is 1. The monoisotopic (exact) mass is 537 g/mol. The van der Waals surface area contributed by atoms with E-state index in [1.807, 2.05) is 78.9 Å². The number of carboxylic acid groups (broad SMARTS) is 1. The third kappa shape index (κ3) is 5.39. The van der Waals surface area contributed by atoms with Crippen LogP contribution in [-0.2, 0) is 10.2 Å². The lowest BCUT2D eigenvalue weighted by Crippen LogP contribution is -2.62. The Kier molecular flexibility index (Phi) is 7.53. The van der Waals surface area contributed by atoms with Crippen molar-refractivity contribution >= 4 is 21.9 Å². The molecule has 3 aromatic rings. The first-order valence-corrected chi connectivity index (χ1v) is 12.6. The number of likely N-dealkylation sites (tertiary alicyclic amines) is 1. The van der Waals surface area contributed by atoms with Gasteiger partial charge in [0, 0.05) is 29.2 Å². The highest BCUT2D eigenvalue weighted by Crippen LogP contribution is 2.41. The Labute approximate surface area is 215 Å². The first-order chi connectivity index (χ1) is 16.7. The van der Waals surface area contributed by atoms with Crippen LogP contribution in [0.15, 0.2) is 83.3 Å². The number of hydrogen-bond donors (Lipinski definition) is 1. The number of halogens is 1. The number of aliphatic carboxylic acids is 1. The molecule has 35 heavy (non-hydrogen) atoms. The summed E-state index contributed by atoms with van der Waals surface area (Å²) < 4.78 is 12.4. The fourth-order valence-electron chi connectivity index (χ4n) is 4.83. The van der Waals surface area contributed by atoms with Crippen molar-refractivity contribution in [1.82, 2.24) is 4.90 Å². The SMILES string of the molecule is COc1cc(Br)cc(OC2CN(C(C)(C)CCC(C(=O)O)(c3ccccc3)c3ccccc3)C2)c1. The van der Waals surface area contributed by atoms with Gasteiger partial charge in [-0.1, -0.05) is 76.6 Å². The fraction of sp³-hybridized carbons (Fsp3) is 0.345. The molecule has 5 nitrogen and oxygen atoms in total. The maximum atomic E-state index is 12.9. The molecule has 184 valence electrons. The lowest BCUT2D eigenvalue weighted by Gasteiger charge is -2.49. The number of ether oxygens (including phenoxy) is 2. The number of rotatable bonds is 10. The van der Waals surface area contributed by atoms with Crippen LogP contribution in [0.1, 0.15) is 37.8 Å². The summed E-state index contributed by atoms with van der Waals surface area (Å²) >= 11 is 3.50. The second kappa shape index (κ2) is 10.4. The van der Waals surface area contributed by atoms with Crippen molar-refractivity contribution < 1.29 is 19.4 Å². The molecule has 1 fully saturated rings. The molecular formula is C29H32BrNO4. The molecule has 6 heteroatoms. The molecular weight excluding hydrogens is 506 g/mol. The summed E-state index contributed by atoms with van der Waals surface area (Å²) in [6.45, 7) is 5.96. The molecule has 1 aliphatic rings. The highest BCUT2D eigenvalue weighted by molar-refractivity contribution is 9.10. The third-order valence-corrected chi connectivity index (χ3v) is 7.56. The van der Waals surface area contributed by atoms with Crippen molar-refractivity contribution in [3.05, 3.63) is 94.5 Å². The summed E-state index contributed by atoms with van der Waals surface area (Å²) in [6, 6.07) is 24.9. The quantitative estimate of drug-likeness (QED) is 0.336. The van der Waals surface area contributed by atoms with Gasteiger partial charge in [-0.3, -0.25) is 9.69 Å². The average molecular weight is 538 g/mol. The molecule has 1 N–H and O–H groups in total. The van der Waals surface area contributed by atoms with Crippen molar-refractivity contribution in [2.75, 3.05) is 20.2 Å². The van der Waals surface area contributed by atoms with Gasteiger partial charge in [0.15, 0.2) is 0 Å². The van der Waals surface area contributed by atoms with E-state index in [9.17, 15) is 9.90 Å². The van der Waals surface area contributed by atoms with E-state index < -0.39 is 11.4 Å². The van der Waals surface area contributed by atoms with Crippen LogP contribution in [-0.4, -0.2) is 47.8 Å². The topological polar surface area (TPSA) is 59.0 Å². The van der Waals surface area contributed by atoms with Crippen LogP contribution in [0.2, 0.25) is 0 Å². The molecule has 1 saturated heterocycles. The molecule has 0 spiro atoms. The minimum atomic E-state index is -1.10. The van der Waals surface area contributed by atoms with E-state index >= 15 is 0 Å². The van der Waals surface area contributed by atoms with E-state index in [0.717, 1.165) is 46.6 Å². The molecule has 3 aromatic carbocycles. The Hall–Kier alpha value is -2.83. The zero-order valence-electron chi connectivity index (χ0n) is 20.4. The Balaban J connectivity index is 1.48. The summed E-state index contributed by atoms with van der Waals surface area (Å²) in [5, 5.41) is 10.6. The van der Waals surface area contributed by atoms with E-state index in [2.05, 4.69) is 34.7 Å². The van der Waals surface area contributed by atoms with Crippen molar-refractivity contribution in [3.63, 3.8) is 0 Å². The minimum Gasteiger partial charge on any atom is -0.497 e. The maximum absolute atomic E-state index is 12.9. The molecule has 0 atom stereocenters. The van der Waals surface area contributed by atoms with E-state index in [1.54, 1.807) is 7.11 Å². The van der Waals surface area contributed by atoms with Gasteiger partial charge < -0.3 is 14.6 Å². The molecule has 1 heterocycles. The van der Waals surface area contributed by atoms with E-state index in [1.165, 1.54) is 0 Å². The number of nitrogens with zero attached hydrogens (tertiary/aromatic N) is 1. The first-order valence-electron chi connectivity index (χ1n) is 11.9. The molecule has 4 rings (SSSR count). The number of carboxylic acids is 1. The van der Waals surface area contributed by atoms with Crippen LogP contribution < -0.4 is 9.47 Å². The van der Waals surface area contributed by atoms with Gasteiger partial charge in [0.1, 0.15) is 23.0 Å². The zero-order chi connectivity index (χ0) is 25.1. The van der Waals surface area contributed by atoms with Gasteiger partial charge in [-0.15, -0.1) is 0 Å². The predicted molar refractivity (Wildman–Crippen MR) is 141 cm³/mol. The Bertz CT molecular complexity index is 1100. The Morgan fingerprint density at radius 2 is 1.49 bits per heavy atom. The van der Waals surface area contributed by atoms with Gasteiger partial charge in [0.25, 0.3) is 0 Å². The first kappa shape index (κ1) is 25.3. The van der Waals surface area contributed by atoms with Gasteiger partial charge in [-0.25, -0.2) is 0 Å². The van der Waals surface area contributed by atoms with Crippen LogP contribution in [0.25, 0.3) is 0 Å². The van der Waals surface area contributed by atoms with Crippen molar-refractivity contribution in [2.24, 2.45) is 0 Å². The number of hydrogen-bond acceptors (Lipinski definition) is 4. The van der Waals surface area contributed by atoms with Crippen LogP contribution >= 0.6 is 15.9 Å². The summed E-state index contributed by atoms with van der Waals surface area (Å²) in [6.07, 6.45) is 1.30. The molecule has 0 radical (unpaired) electrons. The normalized spacial score (nSPS) is 14.9. The largest absolute Gasteiger partial charge is 0.497 e. The molecule has 0 unspecified atom stereocenters. The van der Waals surface area contributed by atoms with E-state index in [-0.39, 0.29) is 11.6 Å². The highest BCUT2D eigenvalue weighted by Gasteiger charge is 2.45. The second-order valence-electron chi connectivity index (χ2n) is 9.73. The maximum Gasteiger partial charge on any atom is 0.318 e. The van der Waals surface area contributed by atoms with Crippen molar-refractivity contribution in [1.29, 1.82) is 0 Å². The third-order valence-electron chi connectivity index (χ3n) is 7.10. The molecule has 0 saturated carbocycles. The molecule has 1 aliphatic heterocycles. The number of carbonyl (C=O) groups is 1. The standard InChI is InChI=1S/C29H32BrNO4/c1-28(2,31-19-26(20-31)35-25-17-23(30)16-24(18-25)34-3)14-15-29(27(32)33,21-10-6-4-7-11-21)22-12-8-5-9-13-22/h4-13,16-18,26H,14-15,19-20H2,1-3H3,(H,32,33). The zero-order valence-corrected chi connectivity index (χ0v) is 22.0. The summed E-state index contributed by atoms with van der Waals surface area (Å²) in [5.74, 6) is 0.702. The molecule has 0 aliphatic carbocycles. The Morgan fingerprint density at radius 1 is 0.943 bits per heavy atom. The molecule has 0 amide bonds. The van der Waals surface area contributed by atoms with Crippen LogP contribution in [0.3, 0.4) is 0 Å². The van der Waals surface area contributed by atoms with Crippen LogP contribution in [0, 0.1) is 0 Å². The van der Waals surface area contributed by atoms with Crippen LogP contribution in [0.4, 0.5) is 0 Å². The average Bonchev–Trinajstić information content (AvgIpc) is 2.82. The summed E-state index contributed by atoms with van der Waals surface area (Å²) in [7, 11) is 1.64. The van der Waals surface area contributed by atoms with Crippen molar-refractivity contribution in [2.45, 2.75) is 43.7 Å².